The zero-order chi connectivity index (χ0) is 45.2. The van der Waals surface area contributed by atoms with Crippen LogP contribution >= 0.6 is 0 Å². The summed E-state index contributed by atoms with van der Waals surface area (Å²) in [5.74, 6) is -0.119. The first-order valence-corrected chi connectivity index (χ1v) is 24.9. The van der Waals surface area contributed by atoms with Gasteiger partial charge in [-0.3, -0.25) is 4.79 Å². The number of H-pyrrole nitrogens is 3. The highest BCUT2D eigenvalue weighted by atomic mass is 16.5. The van der Waals surface area contributed by atoms with Gasteiger partial charge in [0, 0.05) is 51.4 Å². The van der Waals surface area contributed by atoms with Crippen LogP contribution in [0.1, 0.15) is 170 Å². The number of carbonyl (C=O) groups is 1. The van der Waals surface area contributed by atoms with Crippen LogP contribution in [0.15, 0.2) is 41.4 Å². The number of carbonyl (C=O) groups excluding carboxylic acids is 1. The lowest BCUT2D eigenvalue weighted by molar-refractivity contribution is -0.118. The number of hydrogen-bond donors (Lipinski definition) is 3. The van der Waals surface area contributed by atoms with Crippen molar-refractivity contribution < 1.29 is 23.7 Å². The van der Waals surface area contributed by atoms with Crippen molar-refractivity contribution in [1.29, 1.82) is 0 Å². The third kappa shape index (κ3) is 16.7. The number of amides is 1. The Balaban J connectivity index is 1.34. The molecule has 0 aliphatic carbocycles. The van der Waals surface area contributed by atoms with Crippen LogP contribution < -0.4 is 5.36 Å². The summed E-state index contributed by atoms with van der Waals surface area (Å²) in [7, 11) is 6.90. The summed E-state index contributed by atoms with van der Waals surface area (Å²) in [4.78, 5) is 35.0. The third-order valence-corrected chi connectivity index (χ3v) is 12.7. The van der Waals surface area contributed by atoms with Crippen molar-refractivity contribution in [2.24, 2.45) is 4.99 Å². The molecule has 1 aliphatic heterocycles. The maximum atomic E-state index is 13.8. The maximum Gasteiger partial charge on any atom is 0.246 e. The van der Waals surface area contributed by atoms with Crippen LogP contribution in [0.25, 0.3) is 44.7 Å². The van der Waals surface area contributed by atoms with Crippen LogP contribution in [0, 0.1) is 0 Å². The standard InChI is InChI=1S/C54H81N5O5/c1-6-7-8-9-10-11-12-13-14-15-16-17-18-19-20-21-22-23-24-25-53(60)58-52-40-47-43(30-34-63-4)38-49(57-47)48-36-41(28-32-61-2)45(55-48)26-27-46-42(29-33-62-3)37-50(56-46)51-39-44(31-35-64-5)54(52)59-51/h26-27,36-40,55-57H,6-25,28-35H2,1-5H3. The molecule has 0 saturated heterocycles. The molecule has 0 spiro atoms. The van der Waals surface area contributed by atoms with E-state index in [0.29, 0.717) is 56.7 Å². The first-order chi connectivity index (χ1) is 31.5. The SMILES string of the molecule is CCCCCCCCCCCCCCCCCCCCCC(=O)N=c1cc2[nH]c(cc2CCOC)c2cc(CCOC)c(ccc3[nH]c(cc3CCOC)c3nc1C(CCOC)=C3)[nH]2. The number of fused-ring (bicyclic) bond motifs is 10. The molecule has 5 heterocycles. The van der Waals surface area contributed by atoms with E-state index in [2.05, 4.69) is 58.3 Å². The Bertz CT molecular complexity index is 2210. The number of unbranched alkanes of at least 4 members (excludes halogenated alkanes) is 18. The van der Waals surface area contributed by atoms with Crippen LogP contribution in [0.2, 0.25) is 0 Å². The number of rotatable bonds is 32. The Morgan fingerprint density at radius 3 is 1.39 bits per heavy atom. The second-order valence-corrected chi connectivity index (χ2v) is 17.8. The molecule has 4 aromatic rings. The van der Waals surface area contributed by atoms with Crippen molar-refractivity contribution in [3.05, 3.63) is 69.8 Å². The summed E-state index contributed by atoms with van der Waals surface area (Å²) >= 11 is 0. The summed E-state index contributed by atoms with van der Waals surface area (Å²) in [6.45, 7) is 4.56. The Hall–Kier alpha value is -4.09. The lowest BCUT2D eigenvalue weighted by atomic mass is 10.0. The van der Waals surface area contributed by atoms with E-state index < -0.39 is 0 Å². The third-order valence-electron chi connectivity index (χ3n) is 12.7. The monoisotopic (exact) mass is 880 g/mol. The van der Waals surface area contributed by atoms with Gasteiger partial charge in [0.1, 0.15) is 0 Å². The fourth-order valence-corrected chi connectivity index (χ4v) is 8.87. The van der Waals surface area contributed by atoms with Crippen molar-refractivity contribution in [2.75, 3.05) is 54.9 Å². The Morgan fingerprint density at radius 1 is 0.500 bits per heavy atom. The van der Waals surface area contributed by atoms with Crippen molar-refractivity contribution in [3.8, 4) is 0 Å². The number of methoxy groups -OCH3 is 4. The van der Waals surface area contributed by atoms with E-state index in [1.54, 1.807) is 28.4 Å². The van der Waals surface area contributed by atoms with Crippen LogP contribution in [-0.2, 0) is 43.0 Å². The Kier molecular flexibility index (Phi) is 23.4. The summed E-state index contributed by atoms with van der Waals surface area (Å²) < 4.78 is 22.1. The molecule has 0 unspecified atom stereocenters. The van der Waals surface area contributed by atoms with E-state index in [1.165, 1.54) is 103 Å². The van der Waals surface area contributed by atoms with Crippen molar-refractivity contribution in [1.82, 2.24) is 19.9 Å². The molecule has 3 N–H and O–H groups in total. The van der Waals surface area contributed by atoms with E-state index in [4.69, 9.17) is 28.9 Å². The minimum atomic E-state index is -0.119. The molecule has 1 aliphatic rings. The summed E-state index contributed by atoms with van der Waals surface area (Å²) in [6, 6.07) is 12.8. The van der Waals surface area contributed by atoms with Gasteiger partial charge in [-0.05, 0) is 96.8 Å². The average Bonchev–Trinajstić information content (AvgIpc) is 4.11. The molecule has 64 heavy (non-hydrogen) atoms. The van der Waals surface area contributed by atoms with Gasteiger partial charge in [0.15, 0.2) is 0 Å². The van der Waals surface area contributed by atoms with Gasteiger partial charge in [-0.25, -0.2) is 9.98 Å². The highest BCUT2D eigenvalue weighted by molar-refractivity contribution is 5.89. The Labute approximate surface area is 383 Å². The molecule has 8 bridgehead atoms. The predicted molar refractivity (Wildman–Crippen MR) is 266 cm³/mol. The van der Waals surface area contributed by atoms with Crippen molar-refractivity contribution >= 4 is 50.7 Å². The molecule has 10 nitrogen and oxygen atoms in total. The van der Waals surface area contributed by atoms with E-state index in [-0.39, 0.29) is 5.91 Å². The smallest absolute Gasteiger partial charge is 0.246 e. The fourth-order valence-electron chi connectivity index (χ4n) is 8.87. The number of nitrogens with zero attached hydrogens (tertiary/aromatic N) is 2. The maximum absolute atomic E-state index is 13.8. The zero-order valence-electron chi connectivity index (χ0n) is 40.3. The molecular formula is C54H81N5O5. The molecular weight excluding hydrogens is 799 g/mol. The van der Waals surface area contributed by atoms with Gasteiger partial charge in [-0.2, -0.15) is 0 Å². The molecule has 1 amide bonds. The van der Waals surface area contributed by atoms with Crippen molar-refractivity contribution in [3.63, 3.8) is 0 Å². The van der Waals surface area contributed by atoms with E-state index in [1.807, 2.05) is 6.07 Å². The van der Waals surface area contributed by atoms with Gasteiger partial charge in [-0.15, -0.1) is 0 Å². The van der Waals surface area contributed by atoms with Gasteiger partial charge in [0.05, 0.1) is 59.7 Å². The zero-order valence-corrected chi connectivity index (χ0v) is 40.3. The number of hydrogen-bond acceptors (Lipinski definition) is 6. The summed E-state index contributed by atoms with van der Waals surface area (Å²) in [5, 5.41) is 0.554. The molecule has 0 aromatic carbocycles. The van der Waals surface area contributed by atoms with Gasteiger partial charge in [0.25, 0.3) is 0 Å². The Morgan fingerprint density at radius 2 is 0.906 bits per heavy atom. The molecule has 0 atom stereocenters. The number of aromatic nitrogens is 4. The number of ether oxygens (including phenoxy) is 4. The number of aromatic amines is 3. The van der Waals surface area contributed by atoms with Crippen LogP contribution in [-0.4, -0.2) is 80.7 Å². The second-order valence-electron chi connectivity index (χ2n) is 17.8. The van der Waals surface area contributed by atoms with Crippen LogP contribution in [0.4, 0.5) is 0 Å². The van der Waals surface area contributed by atoms with E-state index in [9.17, 15) is 4.79 Å². The van der Waals surface area contributed by atoms with Gasteiger partial charge in [0.2, 0.25) is 5.91 Å². The quantitative estimate of drug-likeness (QED) is 0.0419. The van der Waals surface area contributed by atoms with Gasteiger partial charge >= 0.3 is 0 Å². The summed E-state index contributed by atoms with van der Waals surface area (Å²) in [5.41, 5.74) is 11.6. The largest absolute Gasteiger partial charge is 0.384 e. The minimum absolute atomic E-state index is 0.119. The molecule has 0 radical (unpaired) electrons. The lowest BCUT2D eigenvalue weighted by Crippen LogP contribution is -2.12. The minimum Gasteiger partial charge on any atom is -0.384 e. The normalized spacial score (nSPS) is 12.5. The fraction of sp³-hybridized carbons (Fsp3) is 0.611. The van der Waals surface area contributed by atoms with Gasteiger partial charge < -0.3 is 33.9 Å². The molecule has 4 aromatic heterocycles. The molecule has 10 heteroatoms. The first kappa shape index (κ1) is 50.9. The second kappa shape index (κ2) is 29.4. The summed E-state index contributed by atoms with van der Waals surface area (Å²) in [6.07, 6.45) is 30.4. The molecule has 0 fully saturated rings. The van der Waals surface area contributed by atoms with Crippen molar-refractivity contribution in [2.45, 2.75) is 161 Å². The molecule has 5 rings (SSSR count). The van der Waals surface area contributed by atoms with E-state index in [0.717, 1.165) is 93.2 Å². The highest BCUT2D eigenvalue weighted by Crippen LogP contribution is 2.28. The topological polar surface area (TPSA) is 127 Å². The number of nitrogens with one attached hydrogen (secondary N) is 3. The predicted octanol–water partition coefficient (Wildman–Crippen LogP) is 12.9. The molecule has 0 saturated carbocycles. The first-order valence-electron chi connectivity index (χ1n) is 24.9. The highest BCUT2D eigenvalue weighted by Gasteiger charge is 2.17. The lowest BCUT2D eigenvalue weighted by Gasteiger charge is -2.04. The van der Waals surface area contributed by atoms with Crippen LogP contribution in [0.3, 0.4) is 0 Å². The average molecular weight is 880 g/mol. The molecule has 352 valence electrons. The van der Waals surface area contributed by atoms with Gasteiger partial charge in [-0.1, -0.05) is 122 Å². The van der Waals surface area contributed by atoms with Crippen LogP contribution in [0.5, 0.6) is 0 Å². The van der Waals surface area contributed by atoms with E-state index >= 15 is 0 Å².